The molecule has 0 aliphatic carbocycles. The molecule has 0 spiro atoms. The van der Waals surface area contributed by atoms with Crippen LogP contribution in [0.5, 0.6) is 5.75 Å². The van der Waals surface area contributed by atoms with E-state index < -0.39 is 5.72 Å². The van der Waals surface area contributed by atoms with Gasteiger partial charge < -0.3 is 20.5 Å². The number of hydrogen-bond donors (Lipinski definition) is 2. The fraction of sp³-hybridized carbons (Fsp3) is 0.684. The first kappa shape index (κ1) is 17.4. The molecule has 0 radical (unpaired) electrons. The maximum absolute atomic E-state index is 10.9. The first-order valence-corrected chi connectivity index (χ1v) is 9.00. The molecule has 0 saturated carbocycles. The van der Waals surface area contributed by atoms with E-state index in [0.717, 1.165) is 47.5 Å². The molecular weight excluding hydrogens is 302 g/mol. The van der Waals surface area contributed by atoms with Crippen LogP contribution in [0.15, 0.2) is 18.2 Å². The number of piperidine rings is 1. The maximum Gasteiger partial charge on any atom is 0.251 e. The molecule has 24 heavy (non-hydrogen) atoms. The first-order valence-electron chi connectivity index (χ1n) is 9.00. The molecule has 3 rings (SSSR count). The number of nitrogens with two attached hydrogens (primary N) is 1. The molecule has 2 aliphatic heterocycles. The number of quaternary nitrogens is 1. The number of methoxy groups -OCH3 is 1. The SMILES string of the molecule is COc1cc(N)ccc1N1CCC([N+]2(C)[C@@H](C(C)C)C2(C)O)CC1. The van der Waals surface area contributed by atoms with E-state index in [1.165, 1.54) is 0 Å². The lowest BCUT2D eigenvalue weighted by atomic mass is 10.0. The van der Waals surface area contributed by atoms with Crippen molar-refractivity contribution in [2.45, 2.75) is 51.4 Å². The van der Waals surface area contributed by atoms with Crippen LogP contribution >= 0.6 is 0 Å². The Morgan fingerprint density at radius 1 is 1.33 bits per heavy atom. The van der Waals surface area contributed by atoms with Crippen molar-refractivity contribution >= 4 is 11.4 Å². The highest BCUT2D eigenvalue weighted by Crippen LogP contribution is 2.54. The summed E-state index contributed by atoms with van der Waals surface area (Å²) in [5, 5.41) is 10.9. The largest absolute Gasteiger partial charge is 0.495 e. The number of aliphatic hydroxyl groups is 1. The topological polar surface area (TPSA) is 58.7 Å². The predicted molar refractivity (Wildman–Crippen MR) is 98.1 cm³/mol. The number of nitrogen functional groups attached to an aromatic ring is 1. The average molecular weight is 334 g/mol. The molecule has 5 nitrogen and oxygen atoms in total. The summed E-state index contributed by atoms with van der Waals surface area (Å²) < 4.78 is 6.30. The second-order valence-corrected chi connectivity index (χ2v) is 8.08. The van der Waals surface area contributed by atoms with E-state index in [1.807, 2.05) is 19.1 Å². The van der Waals surface area contributed by atoms with Crippen molar-refractivity contribution in [1.29, 1.82) is 0 Å². The van der Waals surface area contributed by atoms with Crippen LogP contribution in [0.25, 0.3) is 0 Å². The summed E-state index contributed by atoms with van der Waals surface area (Å²) in [4.78, 5) is 2.38. The van der Waals surface area contributed by atoms with E-state index in [2.05, 4.69) is 31.9 Å². The minimum Gasteiger partial charge on any atom is -0.495 e. The number of ether oxygens (including phenoxy) is 1. The zero-order valence-electron chi connectivity index (χ0n) is 15.6. The quantitative estimate of drug-likeness (QED) is 0.504. The van der Waals surface area contributed by atoms with Crippen LogP contribution in [0.2, 0.25) is 0 Å². The molecule has 2 fully saturated rings. The standard InChI is InChI=1S/C19H32N3O2/c1-13(2)18-19(3,23)22(18,4)15-8-10-21(11-9-15)16-7-6-14(20)12-17(16)24-5/h6-7,12-13,15,18,23H,8-11,20H2,1-5H3/q+1/t18-,19?,22?/m0/s1. The summed E-state index contributed by atoms with van der Waals surface area (Å²) in [6.07, 6.45) is 2.17. The fourth-order valence-corrected chi connectivity index (χ4v) is 5.19. The molecule has 134 valence electrons. The molecule has 5 heteroatoms. The number of hydrogen-bond acceptors (Lipinski definition) is 4. The van der Waals surface area contributed by atoms with Crippen LogP contribution in [-0.4, -0.2) is 54.6 Å². The molecule has 3 atom stereocenters. The third-order valence-electron chi connectivity index (χ3n) is 6.44. The molecule has 2 aliphatic rings. The van der Waals surface area contributed by atoms with Crippen molar-refractivity contribution in [2.24, 2.45) is 5.92 Å². The summed E-state index contributed by atoms with van der Waals surface area (Å²) in [5.41, 5.74) is 7.12. The smallest absolute Gasteiger partial charge is 0.251 e. The molecule has 1 aromatic carbocycles. The Hall–Kier alpha value is -1.46. The summed E-state index contributed by atoms with van der Waals surface area (Å²) >= 11 is 0. The Morgan fingerprint density at radius 3 is 2.46 bits per heavy atom. The number of nitrogens with zero attached hydrogens (tertiary/aromatic N) is 2. The van der Waals surface area contributed by atoms with Gasteiger partial charge >= 0.3 is 0 Å². The van der Waals surface area contributed by atoms with Gasteiger partial charge in [-0.25, -0.2) is 0 Å². The second kappa shape index (κ2) is 5.81. The van der Waals surface area contributed by atoms with Crippen LogP contribution in [0.4, 0.5) is 11.4 Å². The second-order valence-electron chi connectivity index (χ2n) is 8.08. The van der Waals surface area contributed by atoms with Crippen molar-refractivity contribution in [2.75, 3.05) is 37.9 Å². The van der Waals surface area contributed by atoms with Gasteiger partial charge in [0.2, 0.25) is 0 Å². The van der Waals surface area contributed by atoms with E-state index in [-0.39, 0.29) is 0 Å². The summed E-state index contributed by atoms with van der Waals surface area (Å²) in [5.74, 6) is 1.34. The average Bonchev–Trinajstić information content (AvgIpc) is 3.01. The molecule has 0 aromatic heterocycles. The van der Waals surface area contributed by atoms with Gasteiger partial charge in [-0.2, -0.15) is 0 Å². The van der Waals surface area contributed by atoms with Gasteiger partial charge in [-0.15, -0.1) is 0 Å². The van der Waals surface area contributed by atoms with Crippen LogP contribution in [0.3, 0.4) is 0 Å². The van der Waals surface area contributed by atoms with E-state index in [0.29, 0.717) is 18.0 Å². The molecule has 2 saturated heterocycles. The van der Waals surface area contributed by atoms with Gasteiger partial charge in [0.15, 0.2) is 6.04 Å². The van der Waals surface area contributed by atoms with Crippen LogP contribution in [0, 0.1) is 5.92 Å². The third kappa shape index (κ3) is 2.45. The Morgan fingerprint density at radius 2 is 1.96 bits per heavy atom. The highest BCUT2D eigenvalue weighted by atomic mass is 16.5. The number of rotatable bonds is 4. The van der Waals surface area contributed by atoms with Crippen molar-refractivity contribution < 1.29 is 14.3 Å². The lowest BCUT2D eigenvalue weighted by Crippen LogP contribution is -2.48. The van der Waals surface area contributed by atoms with Gasteiger partial charge in [-0.3, -0.25) is 4.48 Å². The van der Waals surface area contributed by atoms with Gasteiger partial charge in [0.25, 0.3) is 5.72 Å². The molecule has 2 heterocycles. The summed E-state index contributed by atoms with van der Waals surface area (Å²) in [7, 11) is 3.92. The first-order chi connectivity index (χ1) is 11.2. The van der Waals surface area contributed by atoms with Gasteiger partial charge in [0, 0.05) is 50.5 Å². The number of anilines is 2. The Balaban J connectivity index is 1.71. The van der Waals surface area contributed by atoms with E-state index >= 15 is 0 Å². The third-order valence-corrected chi connectivity index (χ3v) is 6.44. The van der Waals surface area contributed by atoms with E-state index in [9.17, 15) is 5.11 Å². The highest BCUT2D eigenvalue weighted by Gasteiger charge is 2.77. The fourth-order valence-electron chi connectivity index (χ4n) is 5.19. The Kier molecular flexibility index (Phi) is 4.21. The Bertz CT molecular complexity index is 609. The highest BCUT2D eigenvalue weighted by molar-refractivity contribution is 5.64. The van der Waals surface area contributed by atoms with Crippen molar-refractivity contribution in [1.82, 2.24) is 0 Å². The van der Waals surface area contributed by atoms with E-state index in [1.54, 1.807) is 7.11 Å². The summed E-state index contributed by atoms with van der Waals surface area (Å²) in [6, 6.07) is 6.74. The molecule has 0 bridgehead atoms. The molecule has 0 amide bonds. The van der Waals surface area contributed by atoms with Crippen LogP contribution in [0.1, 0.15) is 33.6 Å². The van der Waals surface area contributed by atoms with Gasteiger partial charge in [-0.05, 0) is 12.1 Å². The molecular formula is C19H32N3O2+. The minimum absolute atomic E-state index is 0.347. The lowest BCUT2D eigenvalue weighted by molar-refractivity contribution is -0.864. The van der Waals surface area contributed by atoms with Crippen molar-refractivity contribution in [3.05, 3.63) is 18.2 Å². The lowest BCUT2D eigenvalue weighted by Gasteiger charge is -2.38. The molecule has 2 unspecified atom stereocenters. The zero-order valence-corrected chi connectivity index (χ0v) is 15.6. The van der Waals surface area contributed by atoms with E-state index in [4.69, 9.17) is 10.5 Å². The normalized spacial score (nSPS) is 33.8. The van der Waals surface area contributed by atoms with Gasteiger partial charge in [-0.1, -0.05) is 13.8 Å². The number of benzene rings is 1. The maximum atomic E-state index is 10.9. The number of likely N-dealkylation sites (N-methyl/N-ethyl adjacent to an activating group) is 1. The van der Waals surface area contributed by atoms with Crippen LogP contribution < -0.4 is 15.4 Å². The zero-order chi connectivity index (χ0) is 17.7. The monoisotopic (exact) mass is 334 g/mol. The van der Waals surface area contributed by atoms with Gasteiger partial charge in [0.05, 0.1) is 25.9 Å². The van der Waals surface area contributed by atoms with Crippen molar-refractivity contribution in [3.63, 3.8) is 0 Å². The molecule has 3 N–H and O–H groups in total. The summed E-state index contributed by atoms with van der Waals surface area (Å²) in [6.45, 7) is 8.42. The minimum atomic E-state index is -0.583. The molecule has 1 aromatic rings. The Labute approximate surface area is 145 Å². The predicted octanol–water partition coefficient (Wildman–Crippen LogP) is 2.44. The van der Waals surface area contributed by atoms with Crippen molar-refractivity contribution in [3.8, 4) is 5.75 Å². The van der Waals surface area contributed by atoms with Crippen LogP contribution in [-0.2, 0) is 0 Å². The van der Waals surface area contributed by atoms with Gasteiger partial charge in [0.1, 0.15) is 5.75 Å².